The molecule has 6 nitrogen and oxygen atoms in total. The molecule has 1 atom stereocenters. The SMILES string of the molecule is Cc1[nH]c(=O)nc(SCC(=O)N[C@@H](C)C23CC4CC(CC(C4)C2)C3)c1C#N. The van der Waals surface area contributed by atoms with Gasteiger partial charge in [-0.15, -0.1) is 0 Å². The van der Waals surface area contributed by atoms with Crippen LogP contribution in [-0.4, -0.2) is 27.7 Å². The van der Waals surface area contributed by atoms with E-state index in [2.05, 4.69) is 28.3 Å². The molecule has 4 saturated carbocycles. The first kappa shape index (κ1) is 18.5. The van der Waals surface area contributed by atoms with Gasteiger partial charge >= 0.3 is 5.69 Å². The van der Waals surface area contributed by atoms with Gasteiger partial charge in [-0.1, -0.05) is 11.8 Å². The molecular formula is C20H26N4O2S. The molecule has 1 heterocycles. The quantitative estimate of drug-likeness (QED) is 0.599. The first-order valence-electron chi connectivity index (χ1n) is 9.82. The van der Waals surface area contributed by atoms with Crippen molar-refractivity contribution in [1.82, 2.24) is 15.3 Å². The van der Waals surface area contributed by atoms with Gasteiger partial charge in [-0.25, -0.2) is 4.79 Å². The van der Waals surface area contributed by atoms with Crippen molar-refractivity contribution in [3.8, 4) is 6.07 Å². The number of nitrogens with one attached hydrogen (secondary N) is 2. The van der Waals surface area contributed by atoms with Gasteiger partial charge < -0.3 is 10.3 Å². The van der Waals surface area contributed by atoms with Crippen molar-refractivity contribution >= 4 is 17.7 Å². The topological polar surface area (TPSA) is 98.6 Å². The lowest BCUT2D eigenvalue weighted by Crippen LogP contribution is -2.56. The first-order valence-corrected chi connectivity index (χ1v) is 10.8. The highest BCUT2D eigenvalue weighted by Gasteiger charge is 2.53. The summed E-state index contributed by atoms with van der Waals surface area (Å²) in [6, 6.07) is 2.23. The van der Waals surface area contributed by atoms with Gasteiger partial charge in [-0.3, -0.25) is 4.79 Å². The lowest BCUT2D eigenvalue weighted by Gasteiger charge is -2.59. The number of amides is 1. The predicted octanol–water partition coefficient (Wildman–Crippen LogP) is 2.76. The number of thioether (sulfide) groups is 1. The number of carbonyl (C=O) groups excluding carboxylic acids is 1. The lowest BCUT2D eigenvalue weighted by molar-refractivity contribution is -0.123. The maximum Gasteiger partial charge on any atom is 0.346 e. The molecule has 4 aliphatic rings. The summed E-state index contributed by atoms with van der Waals surface area (Å²) in [5, 5.41) is 12.8. The molecule has 0 radical (unpaired) electrons. The molecule has 0 aromatic carbocycles. The van der Waals surface area contributed by atoms with E-state index in [1.807, 2.05) is 0 Å². The molecule has 0 aliphatic heterocycles. The number of hydrogen-bond donors (Lipinski definition) is 2. The van der Waals surface area contributed by atoms with Crippen molar-refractivity contribution in [1.29, 1.82) is 5.26 Å². The largest absolute Gasteiger partial charge is 0.352 e. The zero-order chi connectivity index (χ0) is 19.2. The molecule has 5 rings (SSSR count). The van der Waals surface area contributed by atoms with Crippen molar-refractivity contribution in [2.24, 2.45) is 23.2 Å². The molecule has 144 valence electrons. The summed E-state index contributed by atoms with van der Waals surface area (Å²) in [6.07, 6.45) is 7.92. The van der Waals surface area contributed by atoms with Crippen molar-refractivity contribution in [3.63, 3.8) is 0 Å². The fourth-order valence-electron chi connectivity index (χ4n) is 6.07. The Morgan fingerprint density at radius 1 is 1.33 bits per heavy atom. The molecular weight excluding hydrogens is 360 g/mol. The van der Waals surface area contributed by atoms with E-state index in [1.54, 1.807) is 6.92 Å². The van der Waals surface area contributed by atoms with Crippen molar-refractivity contribution in [3.05, 3.63) is 21.7 Å². The Bertz CT molecular complexity index is 821. The second-order valence-corrected chi connectivity index (χ2v) is 9.78. The minimum Gasteiger partial charge on any atom is -0.352 e. The van der Waals surface area contributed by atoms with Gasteiger partial charge in [0.15, 0.2) is 0 Å². The molecule has 0 saturated heterocycles. The Hall–Kier alpha value is -1.81. The summed E-state index contributed by atoms with van der Waals surface area (Å²) < 4.78 is 0. The number of hydrogen-bond acceptors (Lipinski definition) is 5. The molecule has 1 amide bonds. The third-order valence-electron chi connectivity index (χ3n) is 6.92. The zero-order valence-corrected chi connectivity index (χ0v) is 16.7. The van der Waals surface area contributed by atoms with Crippen molar-refractivity contribution in [2.75, 3.05) is 5.75 Å². The number of aromatic nitrogens is 2. The van der Waals surface area contributed by atoms with Gasteiger partial charge in [0.25, 0.3) is 0 Å². The van der Waals surface area contributed by atoms with Crippen molar-refractivity contribution in [2.45, 2.75) is 63.4 Å². The minimum absolute atomic E-state index is 0.0492. The van der Waals surface area contributed by atoms with Crippen molar-refractivity contribution < 1.29 is 4.79 Å². The van der Waals surface area contributed by atoms with E-state index in [9.17, 15) is 14.9 Å². The van der Waals surface area contributed by atoms with Gasteiger partial charge in [-0.2, -0.15) is 10.2 Å². The van der Waals surface area contributed by atoms with Crippen LogP contribution in [0.5, 0.6) is 0 Å². The van der Waals surface area contributed by atoms with Crippen LogP contribution in [0.4, 0.5) is 0 Å². The van der Waals surface area contributed by atoms with E-state index in [4.69, 9.17) is 0 Å². The van der Waals surface area contributed by atoms with E-state index in [1.165, 1.54) is 38.5 Å². The van der Waals surface area contributed by atoms with Crippen LogP contribution < -0.4 is 11.0 Å². The summed E-state index contributed by atoms with van der Waals surface area (Å²) in [6.45, 7) is 3.83. The average Bonchev–Trinajstić information content (AvgIpc) is 2.58. The summed E-state index contributed by atoms with van der Waals surface area (Å²) in [4.78, 5) is 30.5. The second kappa shape index (κ2) is 6.97. The minimum atomic E-state index is -0.489. The van der Waals surface area contributed by atoms with Crippen LogP contribution in [-0.2, 0) is 4.79 Å². The Morgan fingerprint density at radius 2 is 1.93 bits per heavy atom. The maximum absolute atomic E-state index is 12.6. The summed E-state index contributed by atoms with van der Waals surface area (Å²) in [5.41, 5.74) is 0.603. The van der Waals surface area contributed by atoms with Crippen LogP contribution >= 0.6 is 11.8 Å². The number of aromatic amines is 1. The van der Waals surface area contributed by atoms with Crippen LogP contribution in [0.25, 0.3) is 0 Å². The van der Waals surface area contributed by atoms with Gasteiger partial charge in [0.05, 0.1) is 5.75 Å². The molecule has 2 N–H and O–H groups in total. The van der Waals surface area contributed by atoms with E-state index in [0.717, 1.165) is 29.5 Å². The van der Waals surface area contributed by atoms with Crippen LogP contribution in [0.3, 0.4) is 0 Å². The molecule has 1 aromatic heterocycles. The number of rotatable bonds is 5. The Labute approximate surface area is 163 Å². The Balaban J connectivity index is 1.39. The van der Waals surface area contributed by atoms with Gasteiger partial charge in [0.1, 0.15) is 16.7 Å². The Kier molecular flexibility index (Phi) is 4.79. The fourth-order valence-corrected chi connectivity index (χ4v) is 6.92. The zero-order valence-electron chi connectivity index (χ0n) is 15.9. The number of H-pyrrole nitrogens is 1. The number of nitriles is 1. The lowest BCUT2D eigenvalue weighted by atomic mass is 9.48. The molecule has 4 fully saturated rings. The third kappa shape index (κ3) is 3.52. The first-order chi connectivity index (χ1) is 12.9. The average molecular weight is 387 g/mol. The fraction of sp³-hybridized carbons (Fsp3) is 0.700. The third-order valence-corrected chi connectivity index (χ3v) is 7.90. The van der Waals surface area contributed by atoms with E-state index >= 15 is 0 Å². The molecule has 27 heavy (non-hydrogen) atoms. The van der Waals surface area contributed by atoms with Crippen LogP contribution in [0.2, 0.25) is 0 Å². The molecule has 1 aromatic rings. The van der Waals surface area contributed by atoms with Crippen LogP contribution in [0.15, 0.2) is 9.82 Å². The highest BCUT2D eigenvalue weighted by molar-refractivity contribution is 8.00. The van der Waals surface area contributed by atoms with Crippen LogP contribution in [0, 0.1) is 41.4 Å². The number of nitrogens with zero attached hydrogens (tertiary/aromatic N) is 2. The van der Waals surface area contributed by atoms with E-state index in [0.29, 0.717) is 16.3 Å². The summed E-state index contributed by atoms with van der Waals surface area (Å²) >= 11 is 1.16. The summed E-state index contributed by atoms with van der Waals surface area (Å²) in [5.74, 6) is 2.68. The van der Waals surface area contributed by atoms with Gasteiger partial charge in [0, 0.05) is 11.7 Å². The second-order valence-electron chi connectivity index (χ2n) is 8.82. The molecule has 0 unspecified atom stereocenters. The maximum atomic E-state index is 12.6. The number of carbonyl (C=O) groups is 1. The van der Waals surface area contributed by atoms with Gasteiger partial charge in [-0.05, 0) is 75.5 Å². The monoisotopic (exact) mass is 386 g/mol. The molecule has 7 heteroatoms. The number of aryl methyl sites for hydroxylation is 1. The Morgan fingerprint density at radius 3 is 2.48 bits per heavy atom. The molecule has 4 bridgehead atoms. The normalized spacial score (nSPS) is 32.1. The van der Waals surface area contributed by atoms with E-state index in [-0.39, 0.29) is 23.1 Å². The highest BCUT2D eigenvalue weighted by Crippen LogP contribution is 2.61. The molecule has 0 spiro atoms. The molecule has 4 aliphatic carbocycles. The van der Waals surface area contributed by atoms with Gasteiger partial charge in [0.2, 0.25) is 5.91 Å². The van der Waals surface area contributed by atoms with Crippen LogP contribution in [0.1, 0.15) is 56.7 Å². The highest BCUT2D eigenvalue weighted by atomic mass is 32.2. The van der Waals surface area contributed by atoms with E-state index < -0.39 is 5.69 Å². The summed E-state index contributed by atoms with van der Waals surface area (Å²) in [7, 11) is 0. The predicted molar refractivity (Wildman–Crippen MR) is 103 cm³/mol. The smallest absolute Gasteiger partial charge is 0.346 e. The standard InChI is InChI=1S/C20H26N4O2S/c1-11-16(9-21)18(24-19(26)22-11)27-10-17(25)23-12(2)20-6-13-3-14(7-20)5-15(4-13)8-20/h12-15H,3-8,10H2,1-2H3,(H,23,25)(H,22,24,26)/t12-,13?,14?,15?,20?/m0/s1.